The molecule has 1 aliphatic heterocycles. The minimum Gasteiger partial charge on any atom is -0.481 e. The fourth-order valence-electron chi connectivity index (χ4n) is 2.33. The van der Waals surface area contributed by atoms with Crippen molar-refractivity contribution in [1.82, 2.24) is 4.90 Å². The van der Waals surface area contributed by atoms with Crippen LogP contribution in [0.25, 0.3) is 0 Å². The van der Waals surface area contributed by atoms with Crippen LogP contribution in [0, 0.1) is 5.92 Å². The molecule has 1 saturated heterocycles. The molecule has 2 rings (SSSR count). The van der Waals surface area contributed by atoms with Crippen LogP contribution in [0.5, 0.6) is 0 Å². The molecule has 1 fully saturated rings. The van der Waals surface area contributed by atoms with E-state index in [4.69, 9.17) is 16.7 Å². The largest absolute Gasteiger partial charge is 0.481 e. The van der Waals surface area contributed by atoms with Crippen molar-refractivity contribution in [3.8, 4) is 0 Å². The van der Waals surface area contributed by atoms with Crippen LogP contribution in [0.2, 0.25) is 5.02 Å². The number of aliphatic carboxylic acids is 1. The molecule has 1 aliphatic rings. The Kier molecular flexibility index (Phi) is 5.94. The van der Waals surface area contributed by atoms with Gasteiger partial charge in [0, 0.05) is 23.9 Å². The quantitative estimate of drug-likeness (QED) is 0.903. The number of carboxylic acid groups (broad SMARTS) is 1. The van der Waals surface area contributed by atoms with E-state index in [-0.39, 0.29) is 5.91 Å². The van der Waals surface area contributed by atoms with Gasteiger partial charge < -0.3 is 10.0 Å². The number of hydrogen-bond donors (Lipinski definition) is 1. The Morgan fingerprint density at radius 1 is 1.33 bits per heavy atom. The monoisotopic (exact) mass is 327 g/mol. The predicted octanol–water partition coefficient (Wildman–Crippen LogP) is 2.90. The van der Waals surface area contributed by atoms with Crippen molar-refractivity contribution in [2.75, 3.05) is 18.8 Å². The number of likely N-dealkylation sites (tertiary alicyclic amines) is 1. The van der Waals surface area contributed by atoms with Crippen molar-refractivity contribution < 1.29 is 14.7 Å². The van der Waals surface area contributed by atoms with Gasteiger partial charge in [-0.25, -0.2) is 0 Å². The maximum atomic E-state index is 12.1. The lowest BCUT2D eigenvalue weighted by Gasteiger charge is -2.30. The molecule has 1 heterocycles. The minimum absolute atomic E-state index is 0.0277. The fourth-order valence-corrected chi connectivity index (χ4v) is 3.35. The van der Waals surface area contributed by atoms with Crippen LogP contribution >= 0.6 is 23.4 Å². The molecule has 1 amide bonds. The molecule has 0 aliphatic carbocycles. The van der Waals surface area contributed by atoms with Gasteiger partial charge in [0.05, 0.1) is 11.7 Å². The van der Waals surface area contributed by atoms with Crippen molar-refractivity contribution >= 4 is 35.2 Å². The van der Waals surface area contributed by atoms with E-state index in [1.165, 1.54) is 0 Å². The van der Waals surface area contributed by atoms with Crippen LogP contribution in [0.15, 0.2) is 24.3 Å². The number of rotatable bonds is 5. The SMILES string of the molecule is O=C(O)C1CCCN(C(=O)CSCc2ccc(Cl)cc2)C1. The molecule has 1 N–H and O–H groups in total. The van der Waals surface area contributed by atoms with Gasteiger partial charge in [0.2, 0.25) is 5.91 Å². The average molecular weight is 328 g/mol. The third-order valence-corrected chi connectivity index (χ3v) is 4.77. The first-order valence-corrected chi connectivity index (χ1v) is 8.42. The molecule has 1 atom stereocenters. The van der Waals surface area contributed by atoms with E-state index in [1.807, 2.05) is 24.3 Å². The average Bonchev–Trinajstić information content (AvgIpc) is 2.49. The fraction of sp³-hybridized carbons (Fsp3) is 0.467. The lowest BCUT2D eigenvalue weighted by Crippen LogP contribution is -2.43. The summed E-state index contributed by atoms with van der Waals surface area (Å²) in [5, 5.41) is 9.73. The van der Waals surface area contributed by atoms with Gasteiger partial charge in [-0.3, -0.25) is 9.59 Å². The Balaban J connectivity index is 1.76. The summed E-state index contributed by atoms with van der Waals surface area (Å²) in [4.78, 5) is 24.8. The van der Waals surface area contributed by atoms with Crippen molar-refractivity contribution in [3.63, 3.8) is 0 Å². The molecular weight excluding hydrogens is 310 g/mol. The first-order valence-electron chi connectivity index (χ1n) is 6.89. The number of nitrogens with zero attached hydrogens (tertiary/aromatic N) is 1. The molecule has 4 nitrogen and oxygen atoms in total. The number of carboxylic acids is 1. The lowest BCUT2D eigenvalue weighted by atomic mass is 9.98. The Morgan fingerprint density at radius 2 is 2.05 bits per heavy atom. The first kappa shape index (κ1) is 16.2. The van der Waals surface area contributed by atoms with Gasteiger partial charge in [-0.15, -0.1) is 11.8 Å². The summed E-state index contributed by atoms with van der Waals surface area (Å²) in [7, 11) is 0. The second kappa shape index (κ2) is 7.71. The third kappa shape index (κ3) is 4.93. The standard InChI is InChI=1S/C15H18ClNO3S/c16-13-5-3-11(4-6-13)9-21-10-14(18)17-7-1-2-12(8-17)15(19)20/h3-6,12H,1-2,7-10H2,(H,19,20). The number of benzene rings is 1. The Hall–Kier alpha value is -1.20. The molecule has 21 heavy (non-hydrogen) atoms. The van der Waals surface area contributed by atoms with Gasteiger partial charge >= 0.3 is 5.97 Å². The zero-order valence-corrected chi connectivity index (χ0v) is 13.2. The van der Waals surface area contributed by atoms with Crippen LogP contribution in [-0.4, -0.2) is 40.7 Å². The lowest BCUT2D eigenvalue weighted by molar-refractivity contribution is -0.145. The molecule has 0 aromatic heterocycles. The molecule has 0 saturated carbocycles. The topological polar surface area (TPSA) is 57.6 Å². The minimum atomic E-state index is -0.804. The maximum absolute atomic E-state index is 12.1. The van der Waals surface area contributed by atoms with E-state index in [1.54, 1.807) is 16.7 Å². The summed E-state index contributed by atoms with van der Waals surface area (Å²) in [5.41, 5.74) is 1.12. The normalized spacial score (nSPS) is 18.5. The second-order valence-electron chi connectivity index (χ2n) is 5.14. The van der Waals surface area contributed by atoms with E-state index < -0.39 is 11.9 Å². The van der Waals surface area contributed by atoms with Gasteiger partial charge in [0.1, 0.15) is 0 Å². The van der Waals surface area contributed by atoms with Crippen LogP contribution < -0.4 is 0 Å². The molecule has 6 heteroatoms. The highest BCUT2D eigenvalue weighted by atomic mass is 35.5. The number of carbonyl (C=O) groups excluding carboxylic acids is 1. The number of thioether (sulfide) groups is 1. The summed E-state index contributed by atoms with van der Waals surface area (Å²) in [6, 6.07) is 7.56. The van der Waals surface area contributed by atoms with Crippen LogP contribution in [0.4, 0.5) is 0 Å². The summed E-state index contributed by atoms with van der Waals surface area (Å²) in [6.07, 6.45) is 1.43. The van der Waals surface area contributed by atoms with Crippen molar-refractivity contribution in [2.45, 2.75) is 18.6 Å². The smallest absolute Gasteiger partial charge is 0.308 e. The van der Waals surface area contributed by atoms with Gasteiger partial charge in [-0.05, 0) is 30.5 Å². The number of halogens is 1. The van der Waals surface area contributed by atoms with Crippen LogP contribution in [-0.2, 0) is 15.3 Å². The van der Waals surface area contributed by atoms with Crippen molar-refractivity contribution in [3.05, 3.63) is 34.9 Å². The summed E-state index contributed by atoms with van der Waals surface area (Å²) < 4.78 is 0. The molecule has 114 valence electrons. The number of carbonyl (C=O) groups is 2. The Labute approximate surface area is 133 Å². The number of amides is 1. The van der Waals surface area contributed by atoms with Crippen LogP contribution in [0.3, 0.4) is 0 Å². The Morgan fingerprint density at radius 3 is 2.71 bits per heavy atom. The van der Waals surface area contributed by atoms with E-state index in [2.05, 4.69) is 0 Å². The summed E-state index contributed by atoms with van der Waals surface area (Å²) >= 11 is 7.36. The van der Waals surface area contributed by atoms with E-state index in [9.17, 15) is 9.59 Å². The van der Waals surface area contributed by atoms with Gasteiger partial charge in [-0.1, -0.05) is 23.7 Å². The summed E-state index contributed by atoms with van der Waals surface area (Å²) in [5.74, 6) is -0.0566. The molecule has 0 spiro atoms. The second-order valence-corrected chi connectivity index (χ2v) is 6.56. The zero-order chi connectivity index (χ0) is 15.2. The third-order valence-electron chi connectivity index (χ3n) is 3.53. The van der Waals surface area contributed by atoms with Gasteiger partial charge in [0.15, 0.2) is 0 Å². The highest BCUT2D eigenvalue weighted by Crippen LogP contribution is 2.19. The number of piperidine rings is 1. The highest BCUT2D eigenvalue weighted by Gasteiger charge is 2.27. The first-order chi connectivity index (χ1) is 10.1. The molecule has 1 unspecified atom stereocenters. The van der Waals surface area contributed by atoms with E-state index in [0.29, 0.717) is 30.3 Å². The molecule has 0 radical (unpaired) electrons. The molecule has 1 aromatic rings. The predicted molar refractivity (Wildman–Crippen MR) is 84.6 cm³/mol. The molecule has 0 bridgehead atoms. The molecule has 1 aromatic carbocycles. The highest BCUT2D eigenvalue weighted by molar-refractivity contribution is 7.99. The molecular formula is C15H18ClNO3S. The van der Waals surface area contributed by atoms with E-state index in [0.717, 1.165) is 17.7 Å². The Bertz CT molecular complexity index is 506. The van der Waals surface area contributed by atoms with E-state index >= 15 is 0 Å². The summed E-state index contributed by atoms with van der Waals surface area (Å²) in [6.45, 7) is 1.01. The zero-order valence-electron chi connectivity index (χ0n) is 11.6. The van der Waals surface area contributed by atoms with Crippen molar-refractivity contribution in [2.24, 2.45) is 5.92 Å². The van der Waals surface area contributed by atoms with Gasteiger partial charge in [0.25, 0.3) is 0 Å². The van der Waals surface area contributed by atoms with Crippen LogP contribution in [0.1, 0.15) is 18.4 Å². The van der Waals surface area contributed by atoms with Gasteiger partial charge in [-0.2, -0.15) is 0 Å². The maximum Gasteiger partial charge on any atom is 0.308 e. The number of hydrogen-bond acceptors (Lipinski definition) is 3. The van der Waals surface area contributed by atoms with Crippen molar-refractivity contribution in [1.29, 1.82) is 0 Å².